The number of pyridine rings is 1. The molecule has 0 bridgehead atoms. The predicted octanol–water partition coefficient (Wildman–Crippen LogP) is 1.93. The average Bonchev–Trinajstić information content (AvgIpc) is 3.02. The van der Waals surface area contributed by atoms with Gasteiger partial charge >= 0.3 is 0 Å². The molecule has 0 spiro atoms. The molecular formula is C16H17N3O3. The number of benzene rings is 1. The summed E-state index contributed by atoms with van der Waals surface area (Å²) in [6, 6.07) is 11.3. The normalized spacial score (nSPS) is 12.0. The number of hydrogen-bond acceptors (Lipinski definition) is 5. The summed E-state index contributed by atoms with van der Waals surface area (Å²) in [7, 11) is 0. The van der Waals surface area contributed by atoms with Crippen LogP contribution in [-0.4, -0.2) is 24.2 Å². The van der Waals surface area contributed by atoms with Gasteiger partial charge in [-0.1, -0.05) is 6.07 Å². The molecule has 0 fully saturated rings. The van der Waals surface area contributed by atoms with Crippen LogP contribution in [0.1, 0.15) is 12.1 Å². The topological polar surface area (TPSA) is 72.5 Å². The number of carbonyl (C=O) groups excluding carboxylic acids is 1. The molecule has 1 aromatic carbocycles. The van der Waals surface area contributed by atoms with E-state index in [1.165, 1.54) is 0 Å². The van der Waals surface area contributed by atoms with Crippen LogP contribution in [0.25, 0.3) is 0 Å². The smallest absolute Gasteiger partial charge is 0.231 e. The fourth-order valence-electron chi connectivity index (χ4n) is 2.11. The molecule has 2 heterocycles. The zero-order valence-corrected chi connectivity index (χ0v) is 12.0. The van der Waals surface area contributed by atoms with Gasteiger partial charge in [0.1, 0.15) is 0 Å². The largest absolute Gasteiger partial charge is 0.454 e. The van der Waals surface area contributed by atoms with E-state index in [0.29, 0.717) is 19.5 Å². The molecule has 0 aliphatic carbocycles. The monoisotopic (exact) mass is 299 g/mol. The summed E-state index contributed by atoms with van der Waals surface area (Å²) in [6.07, 6.45) is 2.10. The average molecular weight is 299 g/mol. The number of anilines is 1. The summed E-state index contributed by atoms with van der Waals surface area (Å²) >= 11 is 0. The van der Waals surface area contributed by atoms with E-state index in [9.17, 15) is 4.79 Å². The molecule has 1 aromatic heterocycles. The van der Waals surface area contributed by atoms with E-state index in [4.69, 9.17) is 9.47 Å². The van der Waals surface area contributed by atoms with E-state index in [0.717, 1.165) is 22.9 Å². The Morgan fingerprint density at radius 3 is 2.95 bits per heavy atom. The van der Waals surface area contributed by atoms with E-state index in [1.807, 2.05) is 36.4 Å². The van der Waals surface area contributed by atoms with Gasteiger partial charge in [0.05, 0.1) is 12.2 Å². The second kappa shape index (κ2) is 6.80. The number of fused-ring (bicyclic) bond motifs is 1. The maximum absolute atomic E-state index is 11.8. The van der Waals surface area contributed by atoms with E-state index in [1.54, 1.807) is 6.20 Å². The van der Waals surface area contributed by atoms with Crippen molar-refractivity contribution in [1.82, 2.24) is 10.3 Å². The van der Waals surface area contributed by atoms with Crippen molar-refractivity contribution in [3.8, 4) is 11.5 Å². The Bertz CT molecular complexity index is 646. The third-order valence-corrected chi connectivity index (χ3v) is 3.25. The number of carbonyl (C=O) groups is 1. The van der Waals surface area contributed by atoms with Crippen molar-refractivity contribution in [2.24, 2.45) is 0 Å². The third-order valence-electron chi connectivity index (χ3n) is 3.25. The molecule has 22 heavy (non-hydrogen) atoms. The number of nitrogens with one attached hydrogen (secondary N) is 2. The quantitative estimate of drug-likeness (QED) is 0.852. The van der Waals surface area contributed by atoms with Gasteiger partial charge < -0.3 is 20.1 Å². The summed E-state index contributed by atoms with van der Waals surface area (Å²) in [5, 5.41) is 6.03. The summed E-state index contributed by atoms with van der Waals surface area (Å²) in [5.74, 6) is 1.46. The Labute approximate surface area is 128 Å². The van der Waals surface area contributed by atoms with Crippen molar-refractivity contribution in [3.05, 3.63) is 48.3 Å². The molecule has 0 atom stereocenters. The SMILES string of the molecule is O=C(CCNc1ccc2c(c1)OCO2)NCc1ccccn1. The van der Waals surface area contributed by atoms with Gasteiger partial charge in [-0.15, -0.1) is 0 Å². The fourth-order valence-corrected chi connectivity index (χ4v) is 2.11. The second-order valence-corrected chi connectivity index (χ2v) is 4.84. The van der Waals surface area contributed by atoms with Gasteiger partial charge in [-0.3, -0.25) is 9.78 Å². The first-order valence-electron chi connectivity index (χ1n) is 7.11. The molecule has 0 radical (unpaired) electrons. The van der Waals surface area contributed by atoms with Crippen LogP contribution >= 0.6 is 0 Å². The van der Waals surface area contributed by atoms with E-state index in [2.05, 4.69) is 15.6 Å². The van der Waals surface area contributed by atoms with Gasteiger partial charge in [0.15, 0.2) is 11.5 Å². The minimum absolute atomic E-state index is 0.0149. The standard InChI is InChI=1S/C16H17N3O3/c20-16(19-10-13-3-1-2-7-17-13)6-8-18-12-4-5-14-15(9-12)22-11-21-14/h1-5,7,9,18H,6,8,10-11H2,(H,19,20). The van der Waals surface area contributed by atoms with Crippen LogP contribution in [0.15, 0.2) is 42.6 Å². The minimum Gasteiger partial charge on any atom is -0.454 e. The highest BCUT2D eigenvalue weighted by atomic mass is 16.7. The van der Waals surface area contributed by atoms with Crippen molar-refractivity contribution < 1.29 is 14.3 Å². The molecule has 2 aromatic rings. The Morgan fingerprint density at radius 1 is 1.18 bits per heavy atom. The molecular weight excluding hydrogens is 282 g/mol. The number of hydrogen-bond donors (Lipinski definition) is 2. The zero-order valence-electron chi connectivity index (χ0n) is 12.0. The molecule has 0 unspecified atom stereocenters. The molecule has 2 N–H and O–H groups in total. The van der Waals surface area contributed by atoms with Crippen LogP contribution in [0.5, 0.6) is 11.5 Å². The minimum atomic E-state index is -0.0149. The second-order valence-electron chi connectivity index (χ2n) is 4.84. The van der Waals surface area contributed by atoms with Gasteiger partial charge in [-0.05, 0) is 24.3 Å². The Morgan fingerprint density at radius 2 is 2.09 bits per heavy atom. The van der Waals surface area contributed by atoms with Crippen LogP contribution in [0.2, 0.25) is 0 Å². The lowest BCUT2D eigenvalue weighted by Crippen LogP contribution is -2.25. The van der Waals surface area contributed by atoms with Gasteiger partial charge in [0, 0.05) is 30.9 Å². The van der Waals surface area contributed by atoms with Crippen LogP contribution in [0.3, 0.4) is 0 Å². The van der Waals surface area contributed by atoms with Crippen molar-refractivity contribution in [1.29, 1.82) is 0 Å². The summed E-state index contributed by atoms with van der Waals surface area (Å²) < 4.78 is 10.6. The molecule has 0 saturated heterocycles. The maximum Gasteiger partial charge on any atom is 0.231 e. The van der Waals surface area contributed by atoms with Gasteiger partial charge in [0.2, 0.25) is 12.7 Å². The van der Waals surface area contributed by atoms with Crippen LogP contribution in [-0.2, 0) is 11.3 Å². The molecule has 1 aliphatic rings. The highest BCUT2D eigenvalue weighted by molar-refractivity contribution is 5.76. The van der Waals surface area contributed by atoms with Crippen LogP contribution in [0.4, 0.5) is 5.69 Å². The predicted molar refractivity (Wildman–Crippen MR) is 81.8 cm³/mol. The molecule has 0 saturated carbocycles. The van der Waals surface area contributed by atoms with Gasteiger partial charge in [-0.25, -0.2) is 0 Å². The fraction of sp³-hybridized carbons (Fsp3) is 0.250. The van der Waals surface area contributed by atoms with E-state index < -0.39 is 0 Å². The number of aromatic nitrogens is 1. The maximum atomic E-state index is 11.8. The lowest BCUT2D eigenvalue weighted by Gasteiger charge is -2.08. The van der Waals surface area contributed by atoms with Crippen LogP contribution < -0.4 is 20.1 Å². The highest BCUT2D eigenvalue weighted by Crippen LogP contribution is 2.34. The van der Waals surface area contributed by atoms with Crippen molar-refractivity contribution >= 4 is 11.6 Å². The molecule has 1 aliphatic heterocycles. The molecule has 114 valence electrons. The number of rotatable bonds is 6. The van der Waals surface area contributed by atoms with E-state index >= 15 is 0 Å². The molecule has 3 rings (SSSR count). The Hall–Kier alpha value is -2.76. The summed E-state index contributed by atoms with van der Waals surface area (Å²) in [4.78, 5) is 15.9. The van der Waals surface area contributed by atoms with Crippen LogP contribution in [0, 0.1) is 0 Å². The lowest BCUT2D eigenvalue weighted by atomic mass is 10.2. The first kappa shape index (κ1) is 14.2. The van der Waals surface area contributed by atoms with Gasteiger partial charge in [0.25, 0.3) is 0 Å². The number of ether oxygens (including phenoxy) is 2. The summed E-state index contributed by atoms with van der Waals surface area (Å²) in [6.45, 7) is 1.26. The Balaban J connectivity index is 1.40. The molecule has 1 amide bonds. The molecule has 6 nitrogen and oxygen atoms in total. The third kappa shape index (κ3) is 3.66. The van der Waals surface area contributed by atoms with Crippen molar-refractivity contribution in [3.63, 3.8) is 0 Å². The number of amides is 1. The molecule has 6 heteroatoms. The van der Waals surface area contributed by atoms with E-state index in [-0.39, 0.29) is 12.7 Å². The summed E-state index contributed by atoms with van der Waals surface area (Å²) in [5.41, 5.74) is 1.75. The highest BCUT2D eigenvalue weighted by Gasteiger charge is 2.13. The first-order valence-corrected chi connectivity index (χ1v) is 7.11. The Kier molecular flexibility index (Phi) is 4.38. The lowest BCUT2D eigenvalue weighted by molar-refractivity contribution is -0.121. The van der Waals surface area contributed by atoms with Gasteiger partial charge in [-0.2, -0.15) is 0 Å². The van der Waals surface area contributed by atoms with Crippen molar-refractivity contribution in [2.75, 3.05) is 18.7 Å². The number of nitrogens with zero attached hydrogens (tertiary/aromatic N) is 1. The zero-order chi connectivity index (χ0) is 15.2. The van der Waals surface area contributed by atoms with Crippen molar-refractivity contribution in [2.45, 2.75) is 13.0 Å². The first-order chi connectivity index (χ1) is 10.8.